The summed E-state index contributed by atoms with van der Waals surface area (Å²) in [6.45, 7) is 1.68. The summed E-state index contributed by atoms with van der Waals surface area (Å²) in [5.74, 6) is -0.835. The molecule has 1 amide bonds. The summed E-state index contributed by atoms with van der Waals surface area (Å²) < 4.78 is 4.14. The van der Waals surface area contributed by atoms with Crippen molar-refractivity contribution in [2.75, 3.05) is 0 Å². The van der Waals surface area contributed by atoms with Crippen molar-refractivity contribution in [3.8, 4) is 0 Å². The maximum Gasteiger partial charge on any atom is 0.412 e. The van der Waals surface area contributed by atoms with Gasteiger partial charge < -0.3 is 10.5 Å². The van der Waals surface area contributed by atoms with Crippen LogP contribution in [0.15, 0.2) is 6.07 Å². The summed E-state index contributed by atoms with van der Waals surface area (Å²) in [6, 6.07) is 1.47. The largest absolute Gasteiger partial charge is 0.412 e. The number of primary amides is 1. The molecule has 1 aromatic heterocycles. The number of amides is 1. The van der Waals surface area contributed by atoms with Gasteiger partial charge in [-0.25, -0.2) is 9.59 Å². The lowest BCUT2D eigenvalue weighted by Gasteiger charge is -1.93. The lowest BCUT2D eigenvalue weighted by Crippen LogP contribution is -2.17. The molecule has 0 spiro atoms. The Kier molecular flexibility index (Phi) is 2.98. The molecule has 5 nitrogen and oxygen atoms in total. The van der Waals surface area contributed by atoms with Crippen molar-refractivity contribution in [2.45, 2.75) is 6.92 Å². The highest BCUT2D eigenvalue weighted by Crippen LogP contribution is 2.20. The number of rotatable bonds is 2. The van der Waals surface area contributed by atoms with E-state index in [0.29, 0.717) is 16.7 Å². The Bertz CT molecular complexity index is 396. The minimum absolute atomic E-state index is 0.184. The van der Waals surface area contributed by atoms with Crippen LogP contribution < -0.4 is 5.73 Å². The van der Waals surface area contributed by atoms with Crippen molar-refractivity contribution < 1.29 is 19.1 Å². The molecule has 74 valence electrons. The molecule has 0 unspecified atom stereocenters. The average Bonchev–Trinajstić information content (AvgIpc) is 2.45. The molecule has 6 heteroatoms. The highest BCUT2D eigenvalue weighted by molar-refractivity contribution is 7.15. The number of thiophene rings is 1. The van der Waals surface area contributed by atoms with Crippen LogP contribution in [-0.2, 0) is 4.74 Å². The van der Waals surface area contributed by atoms with Gasteiger partial charge in [0.2, 0.25) is 0 Å². The summed E-state index contributed by atoms with van der Waals surface area (Å²) in [7, 11) is 0. The van der Waals surface area contributed by atoms with E-state index in [0.717, 1.165) is 11.3 Å². The third-order valence-corrected chi connectivity index (χ3v) is 2.60. The maximum absolute atomic E-state index is 11.1. The van der Waals surface area contributed by atoms with E-state index in [2.05, 4.69) is 10.5 Å². The third kappa shape index (κ3) is 2.17. The number of carbonyl (C=O) groups is 3. The molecule has 0 fully saturated rings. The molecule has 0 saturated heterocycles. The Hall–Kier alpha value is -1.69. The third-order valence-electron chi connectivity index (χ3n) is 1.46. The predicted molar refractivity (Wildman–Crippen MR) is 49.4 cm³/mol. The van der Waals surface area contributed by atoms with Crippen molar-refractivity contribution in [1.82, 2.24) is 0 Å². The van der Waals surface area contributed by atoms with Gasteiger partial charge in [0.25, 0.3) is 0 Å². The van der Waals surface area contributed by atoms with Gasteiger partial charge in [0.15, 0.2) is 6.29 Å². The molecule has 0 bridgehead atoms. The van der Waals surface area contributed by atoms with Crippen LogP contribution in [0.1, 0.15) is 24.9 Å². The Morgan fingerprint density at radius 1 is 1.57 bits per heavy atom. The van der Waals surface area contributed by atoms with Gasteiger partial charge in [0.1, 0.15) is 4.88 Å². The van der Waals surface area contributed by atoms with Crippen LogP contribution in [0.5, 0.6) is 0 Å². The van der Waals surface area contributed by atoms with Crippen LogP contribution in [0.2, 0.25) is 0 Å². The number of esters is 1. The van der Waals surface area contributed by atoms with E-state index in [1.54, 1.807) is 6.92 Å². The number of hydrogen-bond donors (Lipinski definition) is 1. The first-order valence-corrected chi connectivity index (χ1v) is 4.43. The highest BCUT2D eigenvalue weighted by Gasteiger charge is 2.15. The van der Waals surface area contributed by atoms with E-state index >= 15 is 0 Å². The first-order valence-electron chi connectivity index (χ1n) is 3.62. The second-order valence-corrected chi connectivity index (χ2v) is 3.57. The molecule has 1 rings (SSSR count). The summed E-state index contributed by atoms with van der Waals surface area (Å²) in [4.78, 5) is 32.4. The summed E-state index contributed by atoms with van der Waals surface area (Å²) >= 11 is 0.959. The minimum Gasteiger partial charge on any atom is -0.372 e. The summed E-state index contributed by atoms with van der Waals surface area (Å²) in [5.41, 5.74) is 5.33. The number of hydrogen-bond acceptors (Lipinski definition) is 5. The Balaban J connectivity index is 2.91. The van der Waals surface area contributed by atoms with Gasteiger partial charge in [-0.3, -0.25) is 4.79 Å². The number of aldehydes is 1. The molecule has 0 aliphatic carbocycles. The Labute approximate surface area is 83.5 Å². The fourth-order valence-corrected chi connectivity index (χ4v) is 1.72. The van der Waals surface area contributed by atoms with Gasteiger partial charge in [0.05, 0.1) is 4.88 Å². The van der Waals surface area contributed by atoms with Crippen LogP contribution >= 0.6 is 11.3 Å². The van der Waals surface area contributed by atoms with E-state index in [9.17, 15) is 14.4 Å². The fourth-order valence-electron chi connectivity index (χ4n) is 0.855. The van der Waals surface area contributed by atoms with Crippen molar-refractivity contribution in [2.24, 2.45) is 5.73 Å². The number of aryl methyl sites for hydroxylation is 1. The smallest absolute Gasteiger partial charge is 0.372 e. The van der Waals surface area contributed by atoms with Gasteiger partial charge >= 0.3 is 12.1 Å². The number of ether oxygens (including phenoxy) is 1. The lowest BCUT2D eigenvalue weighted by molar-refractivity contribution is 0.0643. The molecule has 0 saturated carbocycles. The van der Waals surface area contributed by atoms with Gasteiger partial charge in [-0.15, -0.1) is 11.3 Å². The SMILES string of the molecule is Cc1cc(C(=O)OC(N)=O)sc1C=O. The first kappa shape index (κ1) is 10.4. The second kappa shape index (κ2) is 4.01. The summed E-state index contributed by atoms with van der Waals surface area (Å²) in [5, 5.41) is 0. The minimum atomic E-state index is -1.16. The van der Waals surface area contributed by atoms with Crippen molar-refractivity contribution in [3.05, 3.63) is 21.4 Å². The van der Waals surface area contributed by atoms with E-state index in [-0.39, 0.29) is 4.88 Å². The molecule has 2 N–H and O–H groups in total. The van der Waals surface area contributed by atoms with E-state index < -0.39 is 12.1 Å². The zero-order valence-corrected chi connectivity index (χ0v) is 8.09. The van der Waals surface area contributed by atoms with Crippen molar-refractivity contribution in [1.29, 1.82) is 0 Å². The van der Waals surface area contributed by atoms with Gasteiger partial charge in [-0.05, 0) is 18.6 Å². The molecular formula is C8H7NO4S. The van der Waals surface area contributed by atoms with E-state index in [1.807, 2.05) is 0 Å². The monoisotopic (exact) mass is 213 g/mol. The maximum atomic E-state index is 11.1. The number of carbonyl (C=O) groups excluding carboxylic acids is 3. The molecule has 0 aliphatic rings. The van der Waals surface area contributed by atoms with E-state index in [1.165, 1.54) is 6.07 Å². The van der Waals surface area contributed by atoms with E-state index in [4.69, 9.17) is 0 Å². The zero-order valence-electron chi connectivity index (χ0n) is 7.27. The summed E-state index contributed by atoms with van der Waals surface area (Å²) in [6.07, 6.45) is -0.519. The lowest BCUT2D eigenvalue weighted by atomic mass is 10.3. The molecule has 0 aromatic carbocycles. The van der Waals surface area contributed by atoms with Crippen molar-refractivity contribution in [3.63, 3.8) is 0 Å². The fraction of sp³-hybridized carbons (Fsp3) is 0.125. The molecule has 1 aromatic rings. The molecule has 14 heavy (non-hydrogen) atoms. The first-order chi connectivity index (χ1) is 6.54. The van der Waals surface area contributed by atoms with Gasteiger partial charge in [0, 0.05) is 0 Å². The predicted octanol–water partition coefficient (Wildman–Crippen LogP) is 1.10. The average molecular weight is 213 g/mol. The number of nitrogens with two attached hydrogens (primary N) is 1. The van der Waals surface area contributed by atoms with Crippen LogP contribution in [0.3, 0.4) is 0 Å². The Morgan fingerprint density at radius 3 is 2.64 bits per heavy atom. The molecule has 0 atom stereocenters. The molecule has 0 aliphatic heterocycles. The molecular weight excluding hydrogens is 206 g/mol. The van der Waals surface area contributed by atoms with Crippen LogP contribution in [0, 0.1) is 6.92 Å². The highest BCUT2D eigenvalue weighted by atomic mass is 32.1. The standard InChI is InChI=1S/C8H7NO4S/c1-4-2-5(14-6(4)3-10)7(11)13-8(9)12/h2-3H,1H3,(H2,9,12). The van der Waals surface area contributed by atoms with Gasteiger partial charge in [-0.1, -0.05) is 0 Å². The normalized spacial score (nSPS) is 9.50. The topological polar surface area (TPSA) is 86.5 Å². The molecule has 0 radical (unpaired) electrons. The van der Waals surface area contributed by atoms with Crippen LogP contribution in [-0.4, -0.2) is 18.3 Å². The van der Waals surface area contributed by atoms with Crippen LogP contribution in [0.25, 0.3) is 0 Å². The second-order valence-electron chi connectivity index (χ2n) is 2.48. The van der Waals surface area contributed by atoms with Gasteiger partial charge in [-0.2, -0.15) is 0 Å². The Morgan fingerprint density at radius 2 is 2.21 bits per heavy atom. The zero-order chi connectivity index (χ0) is 10.7. The quantitative estimate of drug-likeness (QED) is 0.453. The molecule has 1 heterocycles. The van der Waals surface area contributed by atoms with Crippen LogP contribution in [0.4, 0.5) is 4.79 Å². The van der Waals surface area contributed by atoms with Crippen molar-refractivity contribution >= 4 is 29.7 Å².